The summed E-state index contributed by atoms with van der Waals surface area (Å²) in [6, 6.07) is 0. The molecule has 0 bridgehead atoms. The minimum atomic E-state index is -2.33. The van der Waals surface area contributed by atoms with E-state index in [1.54, 1.807) is 13.8 Å². The second kappa shape index (κ2) is 7.19. The van der Waals surface area contributed by atoms with Crippen molar-refractivity contribution >= 4 is 16.5 Å². The highest BCUT2D eigenvalue weighted by atomic mass is 28.2. The lowest BCUT2D eigenvalue weighted by Gasteiger charge is -2.30. The first-order valence-electron chi connectivity index (χ1n) is 6.48. The Bertz CT molecular complexity index is 538. The van der Waals surface area contributed by atoms with Crippen molar-refractivity contribution in [3.8, 4) is 0 Å². The van der Waals surface area contributed by atoms with Crippen LogP contribution < -0.4 is 0 Å². The molecular weight excluding hydrogens is 327 g/mol. The molecule has 0 saturated heterocycles. The normalized spacial score (nSPS) is 11.8. The molecule has 0 radical (unpaired) electrons. The van der Waals surface area contributed by atoms with Crippen LogP contribution in [0.1, 0.15) is 37.0 Å². The van der Waals surface area contributed by atoms with Gasteiger partial charge in [0.25, 0.3) is 0 Å². The van der Waals surface area contributed by atoms with E-state index < -0.39 is 46.2 Å². The molecular formula is C13H15F5O3Si. The minimum absolute atomic E-state index is 0.329. The second-order valence-electron chi connectivity index (χ2n) is 4.62. The number of carbonyl (C=O) groups excluding carboxylic acids is 1. The average molecular weight is 342 g/mol. The molecule has 3 nitrogen and oxygen atoms in total. The molecule has 0 heterocycles. The molecule has 1 aromatic carbocycles. The Morgan fingerprint density at radius 2 is 1.36 bits per heavy atom. The fourth-order valence-corrected chi connectivity index (χ4v) is 2.55. The summed E-state index contributed by atoms with van der Waals surface area (Å²) in [5.74, 6) is -12.8. The van der Waals surface area contributed by atoms with Crippen molar-refractivity contribution < 1.29 is 35.9 Å². The van der Waals surface area contributed by atoms with Crippen LogP contribution in [0.15, 0.2) is 0 Å². The van der Waals surface area contributed by atoms with Gasteiger partial charge in [0.05, 0.1) is 5.60 Å². The van der Waals surface area contributed by atoms with Crippen LogP contribution in [0.5, 0.6) is 0 Å². The van der Waals surface area contributed by atoms with Crippen molar-refractivity contribution in [2.45, 2.75) is 32.3 Å². The first-order chi connectivity index (χ1) is 10.2. The lowest BCUT2D eigenvalue weighted by Crippen LogP contribution is -2.37. The van der Waals surface area contributed by atoms with Crippen molar-refractivity contribution in [2.75, 3.05) is 6.61 Å². The van der Waals surface area contributed by atoms with E-state index in [0.717, 1.165) is 0 Å². The standard InChI is InChI=1S/C13H15F5O3Si/c1-3-13(4-2,21-22)5-20-12(19)6-7(14)9(16)11(18)10(17)8(6)15/h3-5H2,1-2,22H3. The van der Waals surface area contributed by atoms with Gasteiger partial charge in [0.2, 0.25) is 5.82 Å². The largest absolute Gasteiger partial charge is 0.459 e. The molecule has 0 unspecified atom stereocenters. The third kappa shape index (κ3) is 3.30. The molecule has 1 aromatic rings. The van der Waals surface area contributed by atoms with Crippen LogP contribution in [0.3, 0.4) is 0 Å². The van der Waals surface area contributed by atoms with E-state index in [9.17, 15) is 26.7 Å². The fourth-order valence-electron chi connectivity index (χ4n) is 1.86. The predicted molar refractivity (Wildman–Crippen MR) is 70.9 cm³/mol. The molecule has 0 spiro atoms. The van der Waals surface area contributed by atoms with Gasteiger partial charge >= 0.3 is 5.97 Å². The Morgan fingerprint density at radius 1 is 0.955 bits per heavy atom. The number of hydrogen-bond acceptors (Lipinski definition) is 3. The number of rotatable bonds is 6. The smallest absolute Gasteiger partial charge is 0.344 e. The Balaban J connectivity index is 3.10. The van der Waals surface area contributed by atoms with Crippen LogP contribution in [-0.2, 0) is 9.16 Å². The molecule has 0 aromatic heterocycles. The number of benzene rings is 1. The van der Waals surface area contributed by atoms with E-state index in [2.05, 4.69) is 0 Å². The summed E-state index contributed by atoms with van der Waals surface area (Å²) in [6.07, 6.45) is 0.911. The molecule has 0 atom stereocenters. The molecule has 0 saturated carbocycles. The first-order valence-corrected chi connectivity index (χ1v) is 7.30. The summed E-state index contributed by atoms with van der Waals surface area (Å²) in [4.78, 5) is 11.7. The van der Waals surface area contributed by atoms with Gasteiger partial charge in [-0.05, 0) is 12.8 Å². The molecule has 124 valence electrons. The molecule has 9 heteroatoms. The van der Waals surface area contributed by atoms with Gasteiger partial charge in [0.1, 0.15) is 22.7 Å². The summed E-state index contributed by atoms with van der Waals surface area (Å²) in [7, 11) is 0.329. The monoisotopic (exact) mass is 342 g/mol. The van der Waals surface area contributed by atoms with Gasteiger partial charge in [-0.15, -0.1) is 0 Å². The zero-order chi connectivity index (χ0) is 17.1. The SMILES string of the molecule is CCC(CC)(COC(=O)c1c(F)c(F)c(F)c(F)c1F)O[SiH3]. The molecule has 0 aliphatic heterocycles. The average Bonchev–Trinajstić information content (AvgIpc) is 2.53. The number of carbonyl (C=O) groups is 1. The Hall–Kier alpha value is -1.48. The maximum atomic E-state index is 13.5. The minimum Gasteiger partial charge on any atom is -0.459 e. The summed E-state index contributed by atoms with van der Waals surface area (Å²) < 4.78 is 76.0. The van der Waals surface area contributed by atoms with Gasteiger partial charge in [0, 0.05) is 0 Å². The molecule has 0 aliphatic rings. The third-order valence-corrected chi connectivity index (χ3v) is 4.47. The zero-order valence-electron chi connectivity index (χ0n) is 12.2. The summed E-state index contributed by atoms with van der Waals surface area (Å²) in [5.41, 5.74) is -2.43. The highest BCUT2D eigenvalue weighted by Crippen LogP contribution is 2.25. The highest BCUT2D eigenvalue weighted by Gasteiger charge is 2.33. The van der Waals surface area contributed by atoms with E-state index in [4.69, 9.17) is 9.16 Å². The van der Waals surface area contributed by atoms with Gasteiger partial charge < -0.3 is 9.16 Å². The topological polar surface area (TPSA) is 35.5 Å². The Morgan fingerprint density at radius 3 is 1.73 bits per heavy atom. The first kappa shape index (κ1) is 18.6. The van der Waals surface area contributed by atoms with Crippen molar-refractivity contribution in [1.29, 1.82) is 0 Å². The third-order valence-electron chi connectivity index (χ3n) is 3.60. The lowest BCUT2D eigenvalue weighted by molar-refractivity contribution is -0.0164. The molecule has 1 rings (SSSR count). The van der Waals surface area contributed by atoms with E-state index in [0.29, 0.717) is 23.3 Å². The zero-order valence-corrected chi connectivity index (χ0v) is 14.2. The van der Waals surface area contributed by atoms with E-state index in [-0.39, 0.29) is 6.61 Å². The van der Waals surface area contributed by atoms with Crippen molar-refractivity contribution in [3.63, 3.8) is 0 Å². The lowest BCUT2D eigenvalue weighted by atomic mass is 9.99. The maximum absolute atomic E-state index is 13.5. The molecule has 0 fully saturated rings. The number of halogens is 5. The van der Waals surface area contributed by atoms with Crippen LogP contribution in [0, 0.1) is 29.1 Å². The second-order valence-corrected chi connectivity index (χ2v) is 5.02. The number of esters is 1. The number of hydrogen-bond donors (Lipinski definition) is 0. The van der Waals surface area contributed by atoms with Crippen LogP contribution >= 0.6 is 0 Å². The van der Waals surface area contributed by atoms with Crippen LogP contribution in [0.25, 0.3) is 0 Å². The summed E-state index contributed by atoms with van der Waals surface area (Å²) >= 11 is 0. The quantitative estimate of drug-likeness (QED) is 0.262. The van der Waals surface area contributed by atoms with Gasteiger partial charge in [0.15, 0.2) is 23.3 Å². The molecule has 22 heavy (non-hydrogen) atoms. The maximum Gasteiger partial charge on any atom is 0.344 e. The van der Waals surface area contributed by atoms with Crippen molar-refractivity contribution in [3.05, 3.63) is 34.6 Å². The predicted octanol–water partition coefficient (Wildman–Crippen LogP) is 2.39. The summed E-state index contributed by atoms with van der Waals surface area (Å²) in [5, 5.41) is 0. The molecule has 0 aliphatic carbocycles. The van der Waals surface area contributed by atoms with Gasteiger partial charge in [-0.1, -0.05) is 13.8 Å². The van der Waals surface area contributed by atoms with Crippen molar-refractivity contribution in [1.82, 2.24) is 0 Å². The number of ether oxygens (including phenoxy) is 1. The van der Waals surface area contributed by atoms with Gasteiger partial charge in [-0.3, -0.25) is 0 Å². The summed E-state index contributed by atoms with van der Waals surface area (Å²) in [6.45, 7) is 3.17. The van der Waals surface area contributed by atoms with Crippen molar-refractivity contribution in [2.24, 2.45) is 0 Å². The molecule has 0 N–H and O–H groups in total. The van der Waals surface area contributed by atoms with E-state index in [1.807, 2.05) is 0 Å². The van der Waals surface area contributed by atoms with E-state index in [1.165, 1.54) is 0 Å². The highest BCUT2D eigenvalue weighted by molar-refractivity contribution is 5.98. The van der Waals surface area contributed by atoms with Crippen LogP contribution in [0.4, 0.5) is 22.0 Å². The molecule has 0 amide bonds. The van der Waals surface area contributed by atoms with Crippen LogP contribution in [0.2, 0.25) is 0 Å². The Kier molecular flexibility index (Phi) is 6.06. The van der Waals surface area contributed by atoms with E-state index >= 15 is 0 Å². The van der Waals surface area contributed by atoms with Gasteiger partial charge in [-0.25, -0.2) is 26.7 Å². The van der Waals surface area contributed by atoms with Crippen LogP contribution in [-0.4, -0.2) is 28.7 Å². The van der Waals surface area contributed by atoms with Gasteiger partial charge in [-0.2, -0.15) is 0 Å². The Labute approximate surface area is 126 Å². The fraction of sp³-hybridized carbons (Fsp3) is 0.462.